The second-order valence-corrected chi connectivity index (χ2v) is 10.1. The van der Waals surface area contributed by atoms with Gasteiger partial charge >= 0.3 is 0 Å². The molecule has 0 bridgehead atoms. The third-order valence-corrected chi connectivity index (χ3v) is 7.83. The van der Waals surface area contributed by atoms with Crippen molar-refractivity contribution in [2.45, 2.75) is 44.7 Å². The zero-order valence-electron chi connectivity index (χ0n) is 17.3. The van der Waals surface area contributed by atoms with Gasteiger partial charge in [-0.15, -0.1) is 21.5 Å². The number of benzene rings is 1. The average molecular weight is 441 g/mol. The lowest BCUT2D eigenvalue weighted by atomic mass is 10.2. The van der Waals surface area contributed by atoms with Gasteiger partial charge in [0.15, 0.2) is 5.16 Å². The number of hydrogen-bond acceptors (Lipinski definition) is 6. The molecule has 8 heteroatoms. The Labute approximate surface area is 182 Å². The van der Waals surface area contributed by atoms with E-state index < -0.39 is 0 Å². The van der Waals surface area contributed by atoms with E-state index in [9.17, 15) is 4.79 Å². The minimum absolute atomic E-state index is 0.0347. The van der Waals surface area contributed by atoms with Crippen LogP contribution in [0.25, 0.3) is 21.7 Å². The van der Waals surface area contributed by atoms with Crippen LogP contribution in [0, 0.1) is 5.92 Å². The summed E-state index contributed by atoms with van der Waals surface area (Å²) < 4.78 is 9.32. The minimum Gasteiger partial charge on any atom is -0.495 e. The Bertz CT molecular complexity index is 1300. The van der Waals surface area contributed by atoms with Crippen LogP contribution in [0.1, 0.15) is 37.1 Å². The van der Waals surface area contributed by atoms with Crippen LogP contribution >= 0.6 is 23.1 Å². The van der Waals surface area contributed by atoms with E-state index in [1.54, 1.807) is 34.8 Å². The lowest BCUT2D eigenvalue weighted by Gasteiger charge is -2.13. The van der Waals surface area contributed by atoms with E-state index in [1.165, 1.54) is 10.4 Å². The van der Waals surface area contributed by atoms with E-state index in [2.05, 4.69) is 28.4 Å². The summed E-state index contributed by atoms with van der Waals surface area (Å²) in [4.78, 5) is 16.1. The van der Waals surface area contributed by atoms with E-state index in [4.69, 9.17) is 4.74 Å². The largest absolute Gasteiger partial charge is 0.495 e. The third-order valence-electron chi connectivity index (χ3n) is 5.59. The fourth-order valence-electron chi connectivity index (χ4n) is 4.07. The average Bonchev–Trinajstić information content (AvgIpc) is 3.42. The summed E-state index contributed by atoms with van der Waals surface area (Å²) >= 11 is 3.44. The molecule has 0 atom stereocenters. The van der Waals surface area contributed by atoms with Crippen LogP contribution in [0.2, 0.25) is 0 Å². The SMILES string of the molecule is COc1ccccc1-n1c(=O)c2c3c(sc2n2c(SCCC(C)C)nnc12)CCC3. The van der Waals surface area contributed by atoms with Crippen molar-refractivity contribution in [2.24, 2.45) is 5.92 Å². The Morgan fingerprint density at radius 2 is 2.07 bits per heavy atom. The van der Waals surface area contributed by atoms with E-state index in [1.807, 2.05) is 24.3 Å². The predicted octanol–water partition coefficient (Wildman–Crippen LogP) is 4.73. The van der Waals surface area contributed by atoms with Crippen molar-refractivity contribution in [1.29, 1.82) is 0 Å². The third kappa shape index (κ3) is 3.04. The number of nitrogens with zero attached hydrogens (tertiary/aromatic N) is 4. The van der Waals surface area contributed by atoms with Gasteiger partial charge in [-0.25, -0.2) is 8.97 Å². The molecule has 0 N–H and O–H groups in total. The molecule has 30 heavy (non-hydrogen) atoms. The smallest absolute Gasteiger partial charge is 0.268 e. The Balaban J connectivity index is 1.82. The van der Waals surface area contributed by atoms with E-state index in [-0.39, 0.29) is 5.56 Å². The highest BCUT2D eigenvalue weighted by Crippen LogP contribution is 2.38. The van der Waals surface area contributed by atoms with Crippen LogP contribution in [0.3, 0.4) is 0 Å². The maximum absolute atomic E-state index is 13.8. The van der Waals surface area contributed by atoms with Gasteiger partial charge in [-0.3, -0.25) is 4.79 Å². The number of thioether (sulfide) groups is 1. The molecule has 0 unspecified atom stereocenters. The minimum atomic E-state index is -0.0347. The van der Waals surface area contributed by atoms with Crippen molar-refractivity contribution in [3.05, 3.63) is 45.1 Å². The Hall–Kier alpha value is -2.32. The van der Waals surface area contributed by atoms with Gasteiger partial charge in [0, 0.05) is 10.6 Å². The Morgan fingerprint density at radius 3 is 2.87 bits per heavy atom. The summed E-state index contributed by atoms with van der Waals surface area (Å²) in [6.07, 6.45) is 4.22. The summed E-state index contributed by atoms with van der Waals surface area (Å²) in [6, 6.07) is 7.59. The number of hydrogen-bond donors (Lipinski definition) is 0. The summed E-state index contributed by atoms with van der Waals surface area (Å²) in [5.41, 5.74) is 1.87. The number of methoxy groups -OCH3 is 1. The highest BCUT2D eigenvalue weighted by atomic mass is 32.2. The molecule has 3 heterocycles. The highest BCUT2D eigenvalue weighted by Gasteiger charge is 2.27. The molecule has 6 nitrogen and oxygen atoms in total. The first-order chi connectivity index (χ1) is 14.6. The van der Waals surface area contributed by atoms with Gasteiger partial charge in [0.2, 0.25) is 5.78 Å². The molecule has 1 aromatic carbocycles. The molecule has 156 valence electrons. The lowest BCUT2D eigenvalue weighted by molar-refractivity contribution is 0.413. The number of fused-ring (bicyclic) bond motifs is 5. The zero-order valence-corrected chi connectivity index (χ0v) is 19.0. The standard InChI is InChI=1S/C22H24N4O2S2/c1-13(2)11-12-29-22-24-23-21-25(15-8-4-5-9-16(15)28-3)19(27)18-14-7-6-10-17(14)30-20(18)26(21)22/h4-5,8-9,13H,6-7,10-12H2,1-3H3. The lowest BCUT2D eigenvalue weighted by Crippen LogP contribution is -2.22. The number of para-hydroxylation sites is 2. The van der Waals surface area contributed by atoms with Gasteiger partial charge in [0.25, 0.3) is 5.56 Å². The molecule has 3 aromatic heterocycles. The second-order valence-electron chi connectivity index (χ2n) is 8.00. The van der Waals surface area contributed by atoms with Crippen molar-refractivity contribution >= 4 is 39.1 Å². The molecule has 0 radical (unpaired) electrons. The molecule has 0 amide bonds. The maximum Gasteiger partial charge on any atom is 0.268 e. The number of aryl methyl sites for hydroxylation is 2. The quantitative estimate of drug-likeness (QED) is 0.406. The zero-order chi connectivity index (χ0) is 20.8. The molecule has 0 spiro atoms. The molecular formula is C22H24N4O2S2. The van der Waals surface area contributed by atoms with Crippen LogP contribution in [0.15, 0.2) is 34.2 Å². The van der Waals surface area contributed by atoms with Crippen molar-refractivity contribution in [3.63, 3.8) is 0 Å². The van der Waals surface area contributed by atoms with Crippen molar-refractivity contribution < 1.29 is 4.74 Å². The van der Waals surface area contributed by atoms with Gasteiger partial charge in [-0.2, -0.15) is 0 Å². The molecule has 0 fully saturated rings. The predicted molar refractivity (Wildman–Crippen MR) is 123 cm³/mol. The summed E-state index contributed by atoms with van der Waals surface area (Å²) in [6.45, 7) is 4.45. The number of thiophene rings is 1. The monoisotopic (exact) mass is 440 g/mol. The molecule has 5 rings (SSSR count). The maximum atomic E-state index is 13.8. The van der Waals surface area contributed by atoms with Gasteiger partial charge in [-0.05, 0) is 49.3 Å². The molecule has 0 saturated carbocycles. The molecule has 1 aliphatic carbocycles. The first-order valence-corrected chi connectivity index (χ1v) is 12.1. The number of ether oxygens (including phenoxy) is 1. The molecule has 0 saturated heterocycles. The molecule has 4 aromatic rings. The fourth-order valence-corrected chi connectivity index (χ4v) is 6.68. The Morgan fingerprint density at radius 1 is 1.23 bits per heavy atom. The van der Waals surface area contributed by atoms with Gasteiger partial charge < -0.3 is 4.74 Å². The van der Waals surface area contributed by atoms with Crippen LogP contribution in [0.5, 0.6) is 5.75 Å². The van der Waals surface area contributed by atoms with Crippen LogP contribution < -0.4 is 10.3 Å². The van der Waals surface area contributed by atoms with Crippen molar-refractivity contribution in [1.82, 2.24) is 19.2 Å². The van der Waals surface area contributed by atoms with E-state index in [0.29, 0.717) is 23.1 Å². The second kappa shape index (κ2) is 7.74. The van der Waals surface area contributed by atoms with E-state index in [0.717, 1.165) is 46.8 Å². The van der Waals surface area contributed by atoms with Gasteiger partial charge in [-0.1, -0.05) is 37.7 Å². The van der Waals surface area contributed by atoms with Crippen molar-refractivity contribution in [3.8, 4) is 11.4 Å². The first-order valence-electron chi connectivity index (χ1n) is 10.3. The fraction of sp³-hybridized carbons (Fsp3) is 0.409. The van der Waals surface area contributed by atoms with Gasteiger partial charge in [0.05, 0.1) is 18.2 Å². The number of rotatable bonds is 6. The summed E-state index contributed by atoms with van der Waals surface area (Å²) in [5, 5.41) is 10.6. The van der Waals surface area contributed by atoms with Crippen molar-refractivity contribution in [2.75, 3.05) is 12.9 Å². The molecule has 0 aliphatic heterocycles. The summed E-state index contributed by atoms with van der Waals surface area (Å²) in [5.74, 6) is 2.79. The normalized spacial score (nSPS) is 13.6. The topological polar surface area (TPSA) is 61.4 Å². The van der Waals surface area contributed by atoms with E-state index >= 15 is 0 Å². The highest BCUT2D eigenvalue weighted by molar-refractivity contribution is 7.99. The number of aromatic nitrogens is 4. The van der Waals surface area contributed by atoms with Crippen LogP contribution in [-0.2, 0) is 12.8 Å². The summed E-state index contributed by atoms with van der Waals surface area (Å²) in [7, 11) is 1.62. The molecular weight excluding hydrogens is 416 g/mol. The van der Waals surface area contributed by atoms with Crippen LogP contribution in [-0.4, -0.2) is 32.0 Å². The van der Waals surface area contributed by atoms with Gasteiger partial charge in [0.1, 0.15) is 10.6 Å². The Kier molecular flexibility index (Phi) is 5.06. The van der Waals surface area contributed by atoms with Crippen LogP contribution in [0.4, 0.5) is 0 Å². The first kappa shape index (κ1) is 19.6. The molecule has 1 aliphatic rings.